The lowest BCUT2D eigenvalue weighted by Crippen LogP contribution is -2.14. The average molecular weight is 345 g/mol. The van der Waals surface area contributed by atoms with E-state index in [4.69, 9.17) is 9.97 Å². The largest absolute Gasteiger partial charge is 0.326 e. The Balaban J connectivity index is 1.74. The number of aromatic nitrogens is 5. The lowest BCUT2D eigenvalue weighted by atomic mass is 9.95. The van der Waals surface area contributed by atoms with Crippen LogP contribution in [0.4, 0.5) is 0 Å². The number of hydrogen-bond acceptors (Lipinski definition) is 3. The van der Waals surface area contributed by atoms with Crippen LogP contribution in [-0.2, 0) is 0 Å². The summed E-state index contributed by atoms with van der Waals surface area (Å²) in [6.07, 6.45) is 8.30. The summed E-state index contributed by atoms with van der Waals surface area (Å²) in [5.74, 6) is 0.752. The quantitative estimate of drug-likeness (QED) is 0.521. The van der Waals surface area contributed by atoms with Gasteiger partial charge in [-0.15, -0.1) is 5.10 Å². The van der Waals surface area contributed by atoms with Crippen molar-refractivity contribution in [3.05, 3.63) is 47.9 Å². The Kier molecular flexibility index (Phi) is 3.55. The monoisotopic (exact) mass is 345 g/mol. The SMILES string of the molecule is Cc1c(C)n(C2CCCCC2)c2ncn3nc(-c4ccccc4)nc3c12. The molecule has 1 fully saturated rings. The Bertz CT molecular complexity index is 1080. The molecule has 5 nitrogen and oxygen atoms in total. The average Bonchev–Trinajstić information content (AvgIpc) is 3.23. The van der Waals surface area contributed by atoms with Crippen LogP contribution in [0.25, 0.3) is 28.1 Å². The van der Waals surface area contributed by atoms with Crippen molar-refractivity contribution in [1.82, 2.24) is 24.1 Å². The summed E-state index contributed by atoms with van der Waals surface area (Å²) in [7, 11) is 0. The third-order valence-electron chi connectivity index (χ3n) is 5.85. The van der Waals surface area contributed by atoms with Gasteiger partial charge in [-0.1, -0.05) is 49.6 Å². The number of hydrogen-bond donors (Lipinski definition) is 0. The Morgan fingerprint density at radius 2 is 1.73 bits per heavy atom. The topological polar surface area (TPSA) is 48.0 Å². The molecule has 1 saturated carbocycles. The van der Waals surface area contributed by atoms with Crippen LogP contribution < -0.4 is 0 Å². The molecule has 5 heteroatoms. The fourth-order valence-corrected chi connectivity index (χ4v) is 4.38. The predicted molar refractivity (Wildman–Crippen MR) is 103 cm³/mol. The molecule has 0 spiro atoms. The second kappa shape index (κ2) is 5.94. The first-order chi connectivity index (χ1) is 12.7. The van der Waals surface area contributed by atoms with Crippen molar-refractivity contribution >= 4 is 16.7 Å². The molecular formula is C21H23N5. The van der Waals surface area contributed by atoms with Gasteiger partial charge in [0, 0.05) is 17.3 Å². The summed E-state index contributed by atoms with van der Waals surface area (Å²) in [6.45, 7) is 4.41. The second-order valence-electron chi connectivity index (χ2n) is 7.39. The first-order valence-corrected chi connectivity index (χ1v) is 9.52. The highest BCUT2D eigenvalue weighted by Crippen LogP contribution is 2.36. The summed E-state index contributed by atoms with van der Waals surface area (Å²) in [5, 5.41) is 5.80. The summed E-state index contributed by atoms with van der Waals surface area (Å²) >= 11 is 0. The van der Waals surface area contributed by atoms with E-state index in [9.17, 15) is 0 Å². The van der Waals surface area contributed by atoms with E-state index in [-0.39, 0.29) is 0 Å². The van der Waals surface area contributed by atoms with Crippen molar-refractivity contribution in [2.45, 2.75) is 52.0 Å². The highest BCUT2D eigenvalue weighted by Gasteiger charge is 2.24. The third-order valence-corrected chi connectivity index (χ3v) is 5.85. The Morgan fingerprint density at radius 1 is 0.962 bits per heavy atom. The number of fused-ring (bicyclic) bond motifs is 3. The van der Waals surface area contributed by atoms with Crippen molar-refractivity contribution < 1.29 is 0 Å². The normalized spacial score (nSPS) is 15.9. The minimum absolute atomic E-state index is 0.561. The minimum Gasteiger partial charge on any atom is -0.326 e. The van der Waals surface area contributed by atoms with E-state index in [1.165, 1.54) is 43.4 Å². The van der Waals surface area contributed by atoms with E-state index in [1.807, 2.05) is 41.2 Å². The Morgan fingerprint density at radius 3 is 2.50 bits per heavy atom. The molecule has 3 heterocycles. The summed E-state index contributed by atoms with van der Waals surface area (Å²) < 4.78 is 4.28. The molecule has 1 aliphatic carbocycles. The number of aryl methyl sites for hydroxylation is 1. The fourth-order valence-electron chi connectivity index (χ4n) is 4.38. The van der Waals surface area contributed by atoms with Gasteiger partial charge < -0.3 is 4.57 Å². The Hall–Kier alpha value is -2.69. The zero-order valence-corrected chi connectivity index (χ0v) is 15.3. The van der Waals surface area contributed by atoms with Gasteiger partial charge in [-0.05, 0) is 32.3 Å². The van der Waals surface area contributed by atoms with Crippen molar-refractivity contribution in [2.75, 3.05) is 0 Å². The zero-order chi connectivity index (χ0) is 17.7. The van der Waals surface area contributed by atoms with E-state index in [1.54, 1.807) is 0 Å². The maximum atomic E-state index is 4.87. The minimum atomic E-state index is 0.561. The van der Waals surface area contributed by atoms with Crippen LogP contribution >= 0.6 is 0 Å². The molecule has 0 atom stereocenters. The van der Waals surface area contributed by atoms with E-state index in [2.05, 4.69) is 23.5 Å². The van der Waals surface area contributed by atoms with Crippen LogP contribution in [0.2, 0.25) is 0 Å². The summed E-state index contributed by atoms with van der Waals surface area (Å²) in [6, 6.07) is 10.7. The summed E-state index contributed by atoms with van der Waals surface area (Å²) in [4.78, 5) is 9.67. The van der Waals surface area contributed by atoms with Gasteiger partial charge in [0.05, 0.1) is 5.39 Å². The van der Waals surface area contributed by atoms with Crippen LogP contribution in [0.15, 0.2) is 36.7 Å². The van der Waals surface area contributed by atoms with E-state index in [0.29, 0.717) is 6.04 Å². The second-order valence-corrected chi connectivity index (χ2v) is 7.39. The molecule has 0 aliphatic heterocycles. The number of rotatable bonds is 2. The first-order valence-electron chi connectivity index (χ1n) is 9.52. The molecule has 0 N–H and O–H groups in total. The molecule has 0 unspecified atom stereocenters. The molecule has 0 amide bonds. The lowest BCUT2D eigenvalue weighted by Gasteiger charge is -2.25. The molecule has 5 rings (SSSR count). The van der Waals surface area contributed by atoms with Crippen LogP contribution in [0.3, 0.4) is 0 Å². The highest BCUT2D eigenvalue weighted by molar-refractivity contribution is 5.94. The molecule has 0 saturated heterocycles. The van der Waals surface area contributed by atoms with E-state index < -0.39 is 0 Å². The van der Waals surface area contributed by atoms with Gasteiger partial charge in [0.1, 0.15) is 12.0 Å². The zero-order valence-electron chi connectivity index (χ0n) is 15.3. The van der Waals surface area contributed by atoms with Gasteiger partial charge in [-0.3, -0.25) is 0 Å². The molecule has 0 radical (unpaired) electrons. The Labute approximate surface area is 152 Å². The summed E-state index contributed by atoms with van der Waals surface area (Å²) in [5.41, 5.74) is 5.59. The van der Waals surface area contributed by atoms with Gasteiger partial charge in [0.25, 0.3) is 0 Å². The van der Waals surface area contributed by atoms with Crippen molar-refractivity contribution in [2.24, 2.45) is 0 Å². The lowest BCUT2D eigenvalue weighted by molar-refractivity contribution is 0.355. The molecule has 26 heavy (non-hydrogen) atoms. The molecule has 0 bridgehead atoms. The van der Waals surface area contributed by atoms with Gasteiger partial charge >= 0.3 is 0 Å². The van der Waals surface area contributed by atoms with Gasteiger partial charge in [0.2, 0.25) is 0 Å². The standard InChI is InChI=1S/C21H23N5/c1-14-15(2)26(17-11-7-4-8-12-17)20-18(14)21-23-19(24-25(21)13-22-20)16-9-5-3-6-10-16/h3,5-6,9-10,13,17H,4,7-8,11-12H2,1-2H3. The van der Waals surface area contributed by atoms with Crippen molar-refractivity contribution in [3.8, 4) is 11.4 Å². The van der Waals surface area contributed by atoms with Crippen molar-refractivity contribution in [3.63, 3.8) is 0 Å². The first kappa shape index (κ1) is 15.6. The van der Waals surface area contributed by atoms with Crippen molar-refractivity contribution in [1.29, 1.82) is 0 Å². The molecule has 4 aromatic rings. The van der Waals surface area contributed by atoms with Gasteiger partial charge in [-0.2, -0.15) is 0 Å². The van der Waals surface area contributed by atoms with Crippen LogP contribution in [0.5, 0.6) is 0 Å². The van der Waals surface area contributed by atoms with Crippen LogP contribution in [0, 0.1) is 13.8 Å². The van der Waals surface area contributed by atoms with Crippen LogP contribution in [-0.4, -0.2) is 24.1 Å². The smallest absolute Gasteiger partial charge is 0.182 e. The fraction of sp³-hybridized carbons (Fsp3) is 0.381. The predicted octanol–water partition coefficient (Wildman–Crippen LogP) is 4.87. The third kappa shape index (κ3) is 2.26. The van der Waals surface area contributed by atoms with E-state index >= 15 is 0 Å². The molecule has 3 aromatic heterocycles. The molecule has 1 aromatic carbocycles. The highest BCUT2D eigenvalue weighted by atomic mass is 15.3. The maximum absolute atomic E-state index is 4.87. The van der Waals surface area contributed by atoms with E-state index in [0.717, 1.165) is 28.1 Å². The van der Waals surface area contributed by atoms with Crippen LogP contribution in [0.1, 0.15) is 49.4 Å². The molecule has 132 valence electrons. The molecule has 1 aliphatic rings. The number of benzene rings is 1. The number of nitrogens with zero attached hydrogens (tertiary/aromatic N) is 5. The molecular weight excluding hydrogens is 322 g/mol. The van der Waals surface area contributed by atoms with Gasteiger partial charge in [-0.25, -0.2) is 14.5 Å². The maximum Gasteiger partial charge on any atom is 0.182 e. The van der Waals surface area contributed by atoms with Gasteiger partial charge in [0.15, 0.2) is 11.5 Å².